The van der Waals surface area contributed by atoms with Crippen LogP contribution in [0.2, 0.25) is 0 Å². The Bertz CT molecular complexity index is 1070. The van der Waals surface area contributed by atoms with Gasteiger partial charge in [-0.25, -0.2) is 0 Å². The number of thioether (sulfide) groups is 1. The molecule has 0 unspecified atom stereocenters. The van der Waals surface area contributed by atoms with E-state index in [1.807, 2.05) is 36.7 Å². The molecule has 0 fully saturated rings. The number of amides is 1. The summed E-state index contributed by atoms with van der Waals surface area (Å²) < 4.78 is 2.00. The van der Waals surface area contributed by atoms with Gasteiger partial charge in [0.05, 0.1) is 5.57 Å². The lowest BCUT2D eigenvalue weighted by Gasteiger charge is -2.20. The Balaban J connectivity index is 1.68. The van der Waals surface area contributed by atoms with Crippen LogP contribution in [0.3, 0.4) is 0 Å². The molecular formula is C22H23N5OS. The quantitative estimate of drug-likeness (QED) is 0.737. The molecule has 29 heavy (non-hydrogen) atoms. The van der Waals surface area contributed by atoms with Crippen LogP contribution in [0.4, 0.5) is 0 Å². The number of carbonyl (C=O) groups excluding carboxylic acids is 1. The van der Waals surface area contributed by atoms with Crippen LogP contribution in [0.15, 0.2) is 58.3 Å². The zero-order chi connectivity index (χ0) is 20.7. The minimum absolute atomic E-state index is 0.0612. The Kier molecular flexibility index (Phi) is 5.00. The van der Waals surface area contributed by atoms with Gasteiger partial charge in [-0.3, -0.25) is 10.2 Å². The Hall–Kier alpha value is -2.93. The molecule has 2 aliphatic heterocycles. The summed E-state index contributed by atoms with van der Waals surface area (Å²) in [6.07, 6.45) is 3.66. The van der Waals surface area contributed by atoms with E-state index in [-0.39, 0.29) is 17.3 Å². The molecule has 148 valence electrons. The molecular weight excluding hydrogens is 382 g/mol. The highest BCUT2D eigenvalue weighted by molar-refractivity contribution is 8.27. The zero-order valence-corrected chi connectivity index (χ0v) is 17.7. The lowest BCUT2D eigenvalue weighted by Crippen LogP contribution is -2.35. The van der Waals surface area contributed by atoms with Crippen LogP contribution in [0.25, 0.3) is 11.8 Å². The van der Waals surface area contributed by atoms with Gasteiger partial charge in [0.1, 0.15) is 5.04 Å². The Morgan fingerprint density at radius 3 is 2.45 bits per heavy atom. The van der Waals surface area contributed by atoms with Gasteiger partial charge in [0.25, 0.3) is 5.91 Å². The van der Waals surface area contributed by atoms with Crippen LogP contribution in [0.1, 0.15) is 44.9 Å². The highest BCUT2D eigenvalue weighted by Gasteiger charge is 2.36. The third-order valence-corrected chi connectivity index (χ3v) is 6.08. The Morgan fingerprint density at radius 2 is 1.79 bits per heavy atom. The number of rotatable bonds is 4. The fourth-order valence-electron chi connectivity index (χ4n) is 3.15. The van der Waals surface area contributed by atoms with E-state index in [9.17, 15) is 4.79 Å². The van der Waals surface area contributed by atoms with Gasteiger partial charge in [0.2, 0.25) is 5.17 Å². The molecule has 6 nitrogen and oxygen atoms in total. The van der Waals surface area contributed by atoms with E-state index in [0.29, 0.717) is 11.1 Å². The van der Waals surface area contributed by atoms with Gasteiger partial charge in [-0.1, -0.05) is 39.8 Å². The van der Waals surface area contributed by atoms with Crippen LogP contribution in [-0.2, 0) is 4.79 Å². The zero-order valence-electron chi connectivity index (χ0n) is 16.9. The lowest BCUT2D eigenvalue weighted by molar-refractivity contribution is -0.114. The predicted molar refractivity (Wildman–Crippen MR) is 120 cm³/mol. The lowest BCUT2D eigenvalue weighted by atomic mass is 10.0. The van der Waals surface area contributed by atoms with E-state index in [4.69, 9.17) is 5.41 Å². The normalized spacial score (nSPS) is 18.0. The topological polar surface area (TPSA) is 73.8 Å². The average Bonchev–Trinajstić information content (AvgIpc) is 3.32. The minimum Gasteiger partial charge on any atom is -0.317 e. The van der Waals surface area contributed by atoms with Crippen molar-refractivity contribution in [2.45, 2.75) is 33.6 Å². The molecule has 0 bridgehead atoms. The SMILES string of the molecule is CC(C)C1=NN2C(=N)/C(=C/c3cccn3-c3ccc(C(C)C)cc3)C(=O)N=C2S1. The monoisotopic (exact) mass is 405 g/mol. The number of amidine groups is 2. The van der Waals surface area contributed by atoms with Gasteiger partial charge >= 0.3 is 0 Å². The summed E-state index contributed by atoms with van der Waals surface area (Å²) in [6, 6.07) is 12.2. The summed E-state index contributed by atoms with van der Waals surface area (Å²) in [5, 5.41) is 15.8. The van der Waals surface area contributed by atoms with E-state index in [1.54, 1.807) is 6.08 Å². The van der Waals surface area contributed by atoms with Gasteiger partial charge in [-0.2, -0.15) is 15.1 Å². The number of fused-ring (bicyclic) bond motifs is 1. The fourth-order valence-corrected chi connectivity index (χ4v) is 4.05. The highest BCUT2D eigenvalue weighted by atomic mass is 32.2. The maximum atomic E-state index is 12.6. The van der Waals surface area contributed by atoms with Crippen LogP contribution >= 0.6 is 11.8 Å². The van der Waals surface area contributed by atoms with Crippen molar-refractivity contribution in [1.82, 2.24) is 9.58 Å². The molecule has 0 saturated carbocycles. The first-order chi connectivity index (χ1) is 13.8. The smallest absolute Gasteiger partial charge is 0.283 e. The summed E-state index contributed by atoms with van der Waals surface area (Å²) in [7, 11) is 0. The van der Waals surface area contributed by atoms with Crippen LogP contribution in [0, 0.1) is 11.3 Å². The van der Waals surface area contributed by atoms with Gasteiger partial charge in [0.15, 0.2) is 5.84 Å². The molecule has 0 saturated heterocycles. The van der Waals surface area contributed by atoms with Crippen molar-refractivity contribution in [3.05, 3.63) is 59.4 Å². The Labute approximate surface area is 174 Å². The van der Waals surface area contributed by atoms with E-state index in [0.717, 1.165) is 16.4 Å². The molecule has 0 spiro atoms. The van der Waals surface area contributed by atoms with Crippen LogP contribution in [-0.4, -0.2) is 31.5 Å². The average molecular weight is 406 g/mol. The van der Waals surface area contributed by atoms with E-state index < -0.39 is 5.91 Å². The maximum absolute atomic E-state index is 12.6. The fraction of sp³-hybridized carbons (Fsp3) is 0.273. The Morgan fingerprint density at radius 1 is 1.07 bits per heavy atom. The van der Waals surface area contributed by atoms with Crippen molar-refractivity contribution < 1.29 is 4.79 Å². The van der Waals surface area contributed by atoms with Crippen molar-refractivity contribution in [1.29, 1.82) is 5.41 Å². The standard InChI is InChI=1S/C22H23N5OS/c1-13(2)15-7-9-16(10-8-15)26-11-5-6-17(26)12-18-19(23)27-22(24-20(18)28)29-21(25-27)14(3)4/h5-14,23H,1-4H3/b18-12-,23-19?. The summed E-state index contributed by atoms with van der Waals surface area (Å²) in [4.78, 5) is 16.8. The van der Waals surface area contributed by atoms with Crippen molar-refractivity contribution in [3.63, 3.8) is 0 Å². The predicted octanol–water partition coefficient (Wildman–Crippen LogP) is 4.88. The first-order valence-corrected chi connectivity index (χ1v) is 10.4. The van der Waals surface area contributed by atoms with Gasteiger partial charge < -0.3 is 4.57 Å². The number of aromatic nitrogens is 1. The van der Waals surface area contributed by atoms with Crippen molar-refractivity contribution in [2.24, 2.45) is 16.0 Å². The van der Waals surface area contributed by atoms with E-state index >= 15 is 0 Å². The largest absolute Gasteiger partial charge is 0.317 e. The second-order valence-electron chi connectivity index (χ2n) is 7.66. The molecule has 0 aliphatic carbocycles. The number of nitrogens with one attached hydrogen (secondary N) is 1. The van der Waals surface area contributed by atoms with E-state index in [2.05, 4.69) is 48.2 Å². The molecule has 2 aliphatic rings. The molecule has 1 amide bonds. The van der Waals surface area contributed by atoms with E-state index in [1.165, 1.54) is 22.3 Å². The number of hydrazone groups is 1. The van der Waals surface area contributed by atoms with Gasteiger partial charge in [0, 0.05) is 23.5 Å². The number of hydrogen-bond donors (Lipinski definition) is 1. The molecule has 0 radical (unpaired) electrons. The molecule has 1 aromatic heterocycles. The maximum Gasteiger partial charge on any atom is 0.283 e. The van der Waals surface area contributed by atoms with Crippen molar-refractivity contribution in [3.8, 4) is 5.69 Å². The third-order valence-electron chi connectivity index (χ3n) is 4.87. The molecule has 4 rings (SSSR count). The first-order valence-electron chi connectivity index (χ1n) is 9.63. The number of hydrogen-bond acceptors (Lipinski definition) is 4. The number of aliphatic imine (C=N–C) groups is 1. The highest BCUT2D eigenvalue weighted by Crippen LogP contribution is 2.31. The van der Waals surface area contributed by atoms with Gasteiger partial charge in [-0.05, 0) is 53.6 Å². The van der Waals surface area contributed by atoms with Gasteiger partial charge in [-0.15, -0.1) is 0 Å². The molecule has 1 aromatic carbocycles. The summed E-state index contributed by atoms with van der Waals surface area (Å²) in [5.41, 5.74) is 3.33. The molecule has 7 heteroatoms. The summed E-state index contributed by atoms with van der Waals surface area (Å²) >= 11 is 1.36. The summed E-state index contributed by atoms with van der Waals surface area (Å²) in [5.74, 6) is 0.342. The second kappa shape index (κ2) is 7.48. The van der Waals surface area contributed by atoms with Crippen molar-refractivity contribution >= 4 is 39.8 Å². The molecule has 0 atom stereocenters. The van der Waals surface area contributed by atoms with Crippen LogP contribution < -0.4 is 0 Å². The second-order valence-corrected chi connectivity index (χ2v) is 8.65. The van der Waals surface area contributed by atoms with Crippen LogP contribution in [0.5, 0.6) is 0 Å². The molecule has 3 heterocycles. The molecule has 2 aromatic rings. The minimum atomic E-state index is -0.406. The first kappa shape index (κ1) is 19.4. The number of nitrogens with zero attached hydrogens (tertiary/aromatic N) is 4. The molecule has 1 N–H and O–H groups in total. The number of benzene rings is 1. The number of carbonyl (C=O) groups is 1. The summed E-state index contributed by atoms with van der Waals surface area (Å²) in [6.45, 7) is 8.40. The van der Waals surface area contributed by atoms with Crippen molar-refractivity contribution in [2.75, 3.05) is 0 Å². The third kappa shape index (κ3) is 3.58.